The second-order valence-corrected chi connectivity index (χ2v) is 9.08. The number of carbonyl (C=O) groups excluding carboxylic acids is 2. The minimum Gasteiger partial charge on any atom is -0.444 e. The van der Waals surface area contributed by atoms with Gasteiger partial charge in [-0.25, -0.2) is 4.79 Å². The number of rotatable bonds is 8. The lowest BCUT2D eigenvalue weighted by Crippen LogP contribution is -2.50. The molecule has 0 spiro atoms. The minimum atomic E-state index is -0.587. The van der Waals surface area contributed by atoms with Crippen molar-refractivity contribution in [3.63, 3.8) is 0 Å². The summed E-state index contributed by atoms with van der Waals surface area (Å²) in [5.74, 6) is -0.0388. The lowest BCUT2D eigenvalue weighted by atomic mass is 10.1. The van der Waals surface area contributed by atoms with Crippen molar-refractivity contribution in [3.8, 4) is 0 Å². The lowest BCUT2D eigenvalue weighted by molar-refractivity contribution is -0.116. The summed E-state index contributed by atoms with van der Waals surface area (Å²) in [6.45, 7) is 11.8. The van der Waals surface area contributed by atoms with Gasteiger partial charge in [-0.1, -0.05) is 31.5 Å². The Bertz CT molecular complexity index is 888. The monoisotopic (exact) mass is 414 g/mol. The zero-order chi connectivity index (χ0) is 22.4. The zero-order valence-corrected chi connectivity index (χ0v) is 18.9. The number of hydrogen-bond acceptors (Lipinski definition) is 5. The molecule has 1 aromatic heterocycles. The van der Waals surface area contributed by atoms with Crippen LogP contribution in [0.25, 0.3) is 10.9 Å². The molecule has 1 heterocycles. The van der Waals surface area contributed by atoms with Crippen molar-refractivity contribution in [1.82, 2.24) is 10.3 Å². The van der Waals surface area contributed by atoms with Crippen LogP contribution >= 0.6 is 0 Å². The number of fused-ring (bicyclic) bond motifs is 1. The molecule has 0 fully saturated rings. The first kappa shape index (κ1) is 23.4. The number of carbonyl (C=O) groups is 2. The van der Waals surface area contributed by atoms with E-state index in [1.165, 1.54) is 0 Å². The topological polar surface area (TPSA) is 92.4 Å². The number of unbranched alkanes of at least 4 members (excludes halogenated alkanes) is 1. The van der Waals surface area contributed by atoms with Gasteiger partial charge in [-0.05, 0) is 47.1 Å². The first-order chi connectivity index (χ1) is 14.0. The van der Waals surface area contributed by atoms with Crippen molar-refractivity contribution in [2.24, 2.45) is 0 Å². The van der Waals surface area contributed by atoms with Crippen LogP contribution in [0.4, 0.5) is 16.2 Å². The van der Waals surface area contributed by atoms with E-state index in [1.807, 2.05) is 58.9 Å². The first-order valence-corrected chi connectivity index (χ1v) is 10.4. The predicted molar refractivity (Wildman–Crippen MR) is 122 cm³/mol. The number of para-hydroxylation sites is 1. The van der Waals surface area contributed by atoms with Gasteiger partial charge >= 0.3 is 6.09 Å². The molecule has 0 bridgehead atoms. The fourth-order valence-electron chi connectivity index (χ4n) is 2.91. The van der Waals surface area contributed by atoms with Crippen LogP contribution in [0.15, 0.2) is 30.5 Å². The normalized spacial score (nSPS) is 11.8. The highest BCUT2D eigenvalue weighted by atomic mass is 16.6. The zero-order valence-electron chi connectivity index (χ0n) is 18.9. The molecule has 164 valence electrons. The number of aromatic nitrogens is 1. The highest BCUT2D eigenvalue weighted by Gasteiger charge is 2.25. The highest BCUT2D eigenvalue weighted by Crippen LogP contribution is 2.30. The smallest absolute Gasteiger partial charge is 0.408 e. The number of amides is 2. The minimum absolute atomic E-state index is 0.0388. The maximum atomic E-state index is 12.3. The van der Waals surface area contributed by atoms with Crippen molar-refractivity contribution >= 4 is 34.3 Å². The third-order valence-electron chi connectivity index (χ3n) is 4.35. The van der Waals surface area contributed by atoms with E-state index in [-0.39, 0.29) is 5.91 Å². The number of nitrogens with zero attached hydrogens (tertiary/aromatic N) is 1. The first-order valence-electron chi connectivity index (χ1n) is 10.4. The van der Waals surface area contributed by atoms with E-state index in [1.54, 1.807) is 6.20 Å². The van der Waals surface area contributed by atoms with Gasteiger partial charge in [-0.3, -0.25) is 9.78 Å². The summed E-state index contributed by atoms with van der Waals surface area (Å²) in [7, 11) is 0. The molecule has 0 aliphatic rings. The third-order valence-corrected chi connectivity index (χ3v) is 4.35. The van der Waals surface area contributed by atoms with Crippen LogP contribution in [-0.2, 0) is 9.53 Å². The lowest BCUT2D eigenvalue weighted by Gasteiger charge is -2.29. The van der Waals surface area contributed by atoms with Gasteiger partial charge in [0.2, 0.25) is 5.91 Å². The number of nitrogens with one attached hydrogen (secondary N) is 3. The van der Waals surface area contributed by atoms with E-state index in [2.05, 4.69) is 27.9 Å². The van der Waals surface area contributed by atoms with Gasteiger partial charge in [-0.15, -0.1) is 0 Å². The number of hydrogen-bond donors (Lipinski definition) is 3. The Labute approximate surface area is 179 Å². The van der Waals surface area contributed by atoms with Gasteiger partial charge in [0.05, 0.1) is 28.6 Å². The van der Waals surface area contributed by atoms with Crippen LogP contribution in [0.3, 0.4) is 0 Å². The number of anilines is 2. The Morgan fingerprint density at radius 1 is 1.10 bits per heavy atom. The van der Waals surface area contributed by atoms with E-state index >= 15 is 0 Å². The molecule has 0 saturated carbocycles. The maximum absolute atomic E-state index is 12.3. The van der Waals surface area contributed by atoms with Gasteiger partial charge in [0.15, 0.2) is 0 Å². The average molecular weight is 415 g/mol. The molecule has 2 rings (SSSR count). The van der Waals surface area contributed by atoms with Crippen molar-refractivity contribution in [2.45, 2.75) is 71.9 Å². The molecule has 30 heavy (non-hydrogen) atoms. The molecule has 0 radical (unpaired) electrons. The molecule has 0 unspecified atom stereocenters. The van der Waals surface area contributed by atoms with Crippen molar-refractivity contribution in [2.75, 3.05) is 17.2 Å². The molecule has 0 saturated heterocycles. The number of alkyl carbamates (subject to hydrolysis) is 1. The van der Waals surface area contributed by atoms with Crippen LogP contribution in [0.2, 0.25) is 0 Å². The summed E-state index contributed by atoms with van der Waals surface area (Å²) in [5, 5.41) is 10.2. The molecule has 0 aliphatic carbocycles. The van der Waals surface area contributed by atoms with Crippen LogP contribution in [-0.4, -0.2) is 34.7 Å². The second-order valence-electron chi connectivity index (χ2n) is 9.08. The Morgan fingerprint density at radius 3 is 2.47 bits per heavy atom. The van der Waals surface area contributed by atoms with E-state index < -0.39 is 17.2 Å². The number of benzene rings is 1. The Hall–Kier alpha value is -2.83. The Kier molecular flexibility index (Phi) is 7.65. The average Bonchev–Trinajstić information content (AvgIpc) is 2.63. The van der Waals surface area contributed by atoms with Gasteiger partial charge in [0.25, 0.3) is 0 Å². The Balaban J connectivity index is 2.20. The summed E-state index contributed by atoms with van der Waals surface area (Å²) in [6.07, 6.45) is 3.46. The molecular formula is C23H34N4O3. The fraction of sp³-hybridized carbons (Fsp3) is 0.522. The van der Waals surface area contributed by atoms with Crippen molar-refractivity contribution in [1.29, 1.82) is 0 Å². The highest BCUT2D eigenvalue weighted by molar-refractivity contribution is 6.03. The predicted octanol–water partition coefficient (Wildman–Crippen LogP) is 5.08. The standard InChI is InChI=1S/C23H34N4O3/c1-7-8-13-19(28)26-18-14-24-17-12-10-9-11-16(17)20(18)25-15-23(5,6)27-21(29)30-22(2,3)4/h9-12,14H,7-8,13,15H2,1-6H3,(H,24,25)(H,26,28)(H,27,29). The molecule has 1 aromatic carbocycles. The molecular weight excluding hydrogens is 380 g/mol. The van der Waals surface area contributed by atoms with Crippen LogP contribution in [0, 0.1) is 0 Å². The SMILES string of the molecule is CCCCC(=O)Nc1cnc2ccccc2c1NCC(C)(C)NC(=O)OC(C)(C)C. The van der Waals surface area contributed by atoms with Crippen LogP contribution < -0.4 is 16.0 Å². The Morgan fingerprint density at radius 2 is 1.80 bits per heavy atom. The molecule has 3 N–H and O–H groups in total. The van der Waals surface area contributed by atoms with Gasteiger partial charge in [-0.2, -0.15) is 0 Å². The van der Waals surface area contributed by atoms with Crippen LogP contribution in [0.5, 0.6) is 0 Å². The van der Waals surface area contributed by atoms with Gasteiger partial charge in [0, 0.05) is 18.4 Å². The molecule has 2 aromatic rings. The third kappa shape index (κ3) is 7.21. The van der Waals surface area contributed by atoms with Crippen molar-refractivity contribution in [3.05, 3.63) is 30.5 Å². The fourth-order valence-corrected chi connectivity index (χ4v) is 2.91. The van der Waals surface area contributed by atoms with Gasteiger partial charge < -0.3 is 20.7 Å². The van der Waals surface area contributed by atoms with Crippen molar-refractivity contribution < 1.29 is 14.3 Å². The van der Waals surface area contributed by atoms with Gasteiger partial charge in [0.1, 0.15) is 5.60 Å². The summed E-state index contributed by atoms with van der Waals surface area (Å²) in [4.78, 5) is 28.9. The number of ether oxygens (including phenoxy) is 1. The second kappa shape index (κ2) is 9.78. The number of pyridine rings is 1. The van der Waals surface area contributed by atoms with E-state index in [9.17, 15) is 9.59 Å². The quantitative estimate of drug-likeness (QED) is 0.560. The molecule has 0 atom stereocenters. The van der Waals surface area contributed by atoms with E-state index in [4.69, 9.17) is 4.74 Å². The summed E-state index contributed by atoms with van der Waals surface area (Å²) < 4.78 is 5.36. The molecule has 2 amide bonds. The summed E-state index contributed by atoms with van der Waals surface area (Å²) in [5.41, 5.74) is 1.08. The molecule has 0 aliphatic heterocycles. The van der Waals surface area contributed by atoms with Crippen LogP contribution in [0.1, 0.15) is 60.8 Å². The largest absolute Gasteiger partial charge is 0.444 e. The van der Waals surface area contributed by atoms with E-state index in [0.717, 1.165) is 29.4 Å². The maximum Gasteiger partial charge on any atom is 0.408 e. The summed E-state index contributed by atoms with van der Waals surface area (Å²) >= 11 is 0. The van der Waals surface area contributed by atoms with E-state index in [0.29, 0.717) is 18.7 Å². The molecule has 7 nitrogen and oxygen atoms in total. The molecule has 7 heteroatoms. The summed E-state index contributed by atoms with van der Waals surface area (Å²) in [6, 6.07) is 7.74.